The Balaban J connectivity index is 1.82. The van der Waals surface area contributed by atoms with Gasteiger partial charge in [0, 0.05) is 23.8 Å². The third kappa shape index (κ3) is 2.11. The van der Waals surface area contributed by atoms with Gasteiger partial charge in [0.1, 0.15) is 6.04 Å². The number of nitrogens with one attached hydrogen (secondary N) is 1. The van der Waals surface area contributed by atoms with Gasteiger partial charge in [0.15, 0.2) is 0 Å². The molecule has 0 bridgehead atoms. The number of fused-ring (bicyclic) bond motifs is 1. The van der Waals surface area contributed by atoms with Gasteiger partial charge in [0.25, 0.3) is 0 Å². The highest BCUT2D eigenvalue weighted by Crippen LogP contribution is 2.31. The summed E-state index contributed by atoms with van der Waals surface area (Å²) in [5.74, 6) is 0.0794. The second-order valence-electron chi connectivity index (χ2n) is 4.59. The van der Waals surface area contributed by atoms with Gasteiger partial charge >= 0.3 is 0 Å². The zero-order chi connectivity index (χ0) is 12.5. The molecule has 1 atom stereocenters. The van der Waals surface area contributed by atoms with Gasteiger partial charge in [-0.05, 0) is 24.1 Å². The molecule has 5 heteroatoms. The van der Waals surface area contributed by atoms with Crippen molar-refractivity contribution in [3.8, 4) is 0 Å². The highest BCUT2D eigenvalue weighted by atomic mass is 35.5. The Hall–Kier alpha value is -1.10. The van der Waals surface area contributed by atoms with Gasteiger partial charge in [-0.1, -0.05) is 17.7 Å². The van der Waals surface area contributed by atoms with Crippen molar-refractivity contribution in [3.63, 3.8) is 0 Å². The second-order valence-corrected chi connectivity index (χ2v) is 5.03. The summed E-state index contributed by atoms with van der Waals surface area (Å²) in [4.78, 5) is 14.2. The molecule has 1 aromatic rings. The molecule has 0 spiro atoms. The first kappa shape index (κ1) is 12.0. The summed E-state index contributed by atoms with van der Waals surface area (Å²) in [5, 5.41) is 3.86. The predicted molar refractivity (Wildman–Crippen MR) is 70.1 cm³/mol. The second kappa shape index (κ2) is 4.88. The van der Waals surface area contributed by atoms with Crippen molar-refractivity contribution < 1.29 is 9.53 Å². The molecule has 1 unspecified atom stereocenters. The number of amides is 1. The maximum Gasteiger partial charge on any atom is 0.246 e. The van der Waals surface area contributed by atoms with E-state index in [1.807, 2.05) is 23.1 Å². The molecule has 0 aliphatic carbocycles. The molecule has 2 aliphatic rings. The molecule has 1 N–H and O–H groups in total. The van der Waals surface area contributed by atoms with Gasteiger partial charge in [0.05, 0.1) is 13.2 Å². The molecule has 18 heavy (non-hydrogen) atoms. The monoisotopic (exact) mass is 266 g/mol. The third-order valence-corrected chi connectivity index (χ3v) is 3.66. The van der Waals surface area contributed by atoms with Crippen molar-refractivity contribution >= 4 is 23.2 Å². The number of halogens is 1. The van der Waals surface area contributed by atoms with E-state index < -0.39 is 0 Å². The topological polar surface area (TPSA) is 41.6 Å². The molecule has 2 heterocycles. The van der Waals surface area contributed by atoms with E-state index in [-0.39, 0.29) is 11.9 Å². The van der Waals surface area contributed by atoms with E-state index in [0.29, 0.717) is 18.2 Å². The summed E-state index contributed by atoms with van der Waals surface area (Å²) in [6, 6.07) is 5.50. The third-order valence-electron chi connectivity index (χ3n) is 3.43. The Morgan fingerprint density at radius 1 is 1.50 bits per heavy atom. The van der Waals surface area contributed by atoms with Crippen molar-refractivity contribution in [1.29, 1.82) is 0 Å². The van der Waals surface area contributed by atoms with Gasteiger partial charge in [-0.15, -0.1) is 0 Å². The van der Waals surface area contributed by atoms with Crippen LogP contribution in [0.4, 0.5) is 5.69 Å². The van der Waals surface area contributed by atoms with Crippen LogP contribution in [0.15, 0.2) is 18.2 Å². The standard InChI is InChI=1S/C13H15ClN2O2/c14-10-2-1-9-3-5-16(12(9)7-10)13(17)11-8-18-6-4-15-11/h1-2,7,11,15H,3-6,8H2. The van der Waals surface area contributed by atoms with Crippen LogP contribution in [-0.2, 0) is 16.0 Å². The predicted octanol–water partition coefficient (Wildman–Crippen LogP) is 1.22. The quantitative estimate of drug-likeness (QED) is 0.831. The first-order valence-corrected chi connectivity index (χ1v) is 6.54. The number of carbonyl (C=O) groups is 1. The first-order valence-electron chi connectivity index (χ1n) is 6.16. The lowest BCUT2D eigenvalue weighted by Gasteiger charge is -2.27. The minimum absolute atomic E-state index is 0.0794. The fourth-order valence-corrected chi connectivity index (χ4v) is 2.66. The van der Waals surface area contributed by atoms with Crippen molar-refractivity contribution in [3.05, 3.63) is 28.8 Å². The van der Waals surface area contributed by atoms with Crippen LogP contribution < -0.4 is 10.2 Å². The van der Waals surface area contributed by atoms with Crippen LogP contribution >= 0.6 is 11.6 Å². The van der Waals surface area contributed by atoms with Gasteiger partial charge in [-0.3, -0.25) is 4.79 Å². The van der Waals surface area contributed by atoms with Gasteiger partial charge in [-0.25, -0.2) is 0 Å². The molecule has 2 aliphatic heterocycles. The molecule has 4 nitrogen and oxygen atoms in total. The maximum absolute atomic E-state index is 12.4. The van der Waals surface area contributed by atoms with Crippen LogP contribution in [0.2, 0.25) is 5.02 Å². The number of ether oxygens (including phenoxy) is 1. The zero-order valence-electron chi connectivity index (χ0n) is 9.99. The molecule has 3 rings (SSSR count). The number of morpholine rings is 1. The van der Waals surface area contributed by atoms with Crippen molar-refractivity contribution in [2.75, 3.05) is 31.2 Å². The maximum atomic E-state index is 12.4. The van der Waals surface area contributed by atoms with E-state index in [9.17, 15) is 4.79 Å². The number of hydrogen-bond acceptors (Lipinski definition) is 3. The summed E-state index contributed by atoms with van der Waals surface area (Å²) >= 11 is 6.00. The summed E-state index contributed by atoms with van der Waals surface area (Å²) in [6.45, 7) is 2.58. The van der Waals surface area contributed by atoms with Crippen LogP contribution in [0.1, 0.15) is 5.56 Å². The number of anilines is 1. The average Bonchev–Trinajstić information content (AvgIpc) is 2.82. The Labute approximate surface area is 111 Å². The zero-order valence-corrected chi connectivity index (χ0v) is 10.7. The smallest absolute Gasteiger partial charge is 0.246 e. The first-order chi connectivity index (χ1) is 8.75. The van der Waals surface area contributed by atoms with E-state index in [1.165, 1.54) is 5.56 Å². The normalized spacial score (nSPS) is 22.9. The molecule has 1 amide bonds. The lowest BCUT2D eigenvalue weighted by atomic mass is 10.1. The van der Waals surface area contributed by atoms with Crippen LogP contribution in [0.3, 0.4) is 0 Å². The molecule has 0 saturated carbocycles. The summed E-state index contributed by atoms with van der Waals surface area (Å²) in [7, 11) is 0. The molecule has 1 saturated heterocycles. The van der Waals surface area contributed by atoms with Gasteiger partial charge < -0.3 is 15.0 Å². The minimum Gasteiger partial charge on any atom is -0.378 e. The van der Waals surface area contributed by atoms with Gasteiger partial charge in [0.2, 0.25) is 5.91 Å². The molecule has 1 fully saturated rings. The highest BCUT2D eigenvalue weighted by Gasteiger charge is 2.31. The van der Waals surface area contributed by atoms with Crippen LogP contribution in [0, 0.1) is 0 Å². The molecule has 96 valence electrons. The Kier molecular flexibility index (Phi) is 3.24. The molecule has 1 aromatic carbocycles. The van der Waals surface area contributed by atoms with E-state index in [1.54, 1.807) is 0 Å². The lowest BCUT2D eigenvalue weighted by molar-refractivity contribution is -0.123. The molecular weight excluding hydrogens is 252 g/mol. The number of benzene rings is 1. The summed E-state index contributed by atoms with van der Waals surface area (Å²) in [6.07, 6.45) is 0.895. The molecule has 0 radical (unpaired) electrons. The number of nitrogens with zero attached hydrogens (tertiary/aromatic N) is 1. The average molecular weight is 267 g/mol. The summed E-state index contributed by atoms with van der Waals surface area (Å²) < 4.78 is 5.34. The number of rotatable bonds is 1. The van der Waals surface area contributed by atoms with Crippen molar-refractivity contribution in [2.24, 2.45) is 0 Å². The highest BCUT2D eigenvalue weighted by molar-refractivity contribution is 6.31. The van der Waals surface area contributed by atoms with Crippen LogP contribution in [-0.4, -0.2) is 38.3 Å². The number of carbonyl (C=O) groups excluding carboxylic acids is 1. The van der Waals surface area contributed by atoms with E-state index in [2.05, 4.69) is 5.32 Å². The Morgan fingerprint density at radius 2 is 2.39 bits per heavy atom. The largest absolute Gasteiger partial charge is 0.378 e. The van der Waals surface area contributed by atoms with Crippen LogP contribution in [0.5, 0.6) is 0 Å². The van der Waals surface area contributed by atoms with Gasteiger partial charge in [-0.2, -0.15) is 0 Å². The Bertz CT molecular complexity index is 472. The Morgan fingerprint density at radius 3 is 3.17 bits per heavy atom. The molecule has 0 aromatic heterocycles. The van der Waals surface area contributed by atoms with Crippen LogP contribution in [0.25, 0.3) is 0 Å². The summed E-state index contributed by atoms with van der Waals surface area (Å²) in [5.41, 5.74) is 2.13. The van der Waals surface area contributed by atoms with E-state index in [4.69, 9.17) is 16.3 Å². The minimum atomic E-state index is -0.233. The van der Waals surface area contributed by atoms with Crippen molar-refractivity contribution in [1.82, 2.24) is 5.32 Å². The van der Waals surface area contributed by atoms with E-state index in [0.717, 1.165) is 25.2 Å². The lowest BCUT2D eigenvalue weighted by Crippen LogP contribution is -2.52. The fourth-order valence-electron chi connectivity index (χ4n) is 2.49. The fraction of sp³-hybridized carbons (Fsp3) is 0.462. The molecular formula is C13H15ClN2O2. The van der Waals surface area contributed by atoms with Crippen molar-refractivity contribution in [2.45, 2.75) is 12.5 Å². The number of hydrogen-bond donors (Lipinski definition) is 1. The SMILES string of the molecule is O=C(C1COCCN1)N1CCc2ccc(Cl)cc21. The van der Waals surface area contributed by atoms with E-state index >= 15 is 0 Å².